The van der Waals surface area contributed by atoms with E-state index in [9.17, 15) is 18.4 Å². The standard InChI is InChI=1S/C24H21F2N5O2.CH4O/c25-16-4-3-5-17(26)20(16)22-29-18-13-27-24(33)21(18)23(30-22)28-15-8-6-14(7-9-15)12-19(32)31-10-1-2-11-31;1-2/h3-9H,1-2,10-13H2,(H,27,33)(H,28,29,30);2H,1H3. The number of likely N-dealkylation sites (tertiary alicyclic amines) is 1. The molecule has 35 heavy (non-hydrogen) atoms. The van der Waals surface area contributed by atoms with Gasteiger partial charge in [0.25, 0.3) is 5.91 Å². The molecule has 0 aliphatic carbocycles. The third kappa shape index (κ3) is 5.12. The van der Waals surface area contributed by atoms with Crippen molar-refractivity contribution in [3.8, 4) is 11.4 Å². The number of benzene rings is 2. The first-order valence-corrected chi connectivity index (χ1v) is 11.2. The van der Waals surface area contributed by atoms with Crippen LogP contribution in [0.4, 0.5) is 20.3 Å². The van der Waals surface area contributed by atoms with E-state index in [2.05, 4.69) is 20.6 Å². The molecule has 3 aromatic rings. The van der Waals surface area contributed by atoms with Gasteiger partial charge in [-0.1, -0.05) is 18.2 Å². The van der Waals surface area contributed by atoms with Crippen LogP contribution in [0.3, 0.4) is 0 Å². The monoisotopic (exact) mass is 481 g/mol. The van der Waals surface area contributed by atoms with Crippen LogP contribution >= 0.6 is 0 Å². The van der Waals surface area contributed by atoms with E-state index in [1.807, 2.05) is 17.0 Å². The fraction of sp³-hybridized carbons (Fsp3) is 0.280. The van der Waals surface area contributed by atoms with Gasteiger partial charge >= 0.3 is 0 Å². The zero-order valence-corrected chi connectivity index (χ0v) is 19.1. The maximum atomic E-state index is 14.3. The van der Waals surface area contributed by atoms with Crippen molar-refractivity contribution in [3.05, 3.63) is 70.9 Å². The number of rotatable bonds is 5. The van der Waals surface area contributed by atoms with Crippen molar-refractivity contribution in [2.45, 2.75) is 25.8 Å². The van der Waals surface area contributed by atoms with Crippen molar-refractivity contribution in [2.24, 2.45) is 0 Å². The molecule has 2 aromatic carbocycles. The number of carbonyl (C=O) groups is 2. The maximum Gasteiger partial charge on any atom is 0.257 e. The van der Waals surface area contributed by atoms with Gasteiger partial charge in [-0.15, -0.1) is 0 Å². The predicted molar refractivity (Wildman–Crippen MR) is 126 cm³/mol. The molecule has 1 saturated heterocycles. The van der Waals surface area contributed by atoms with Crippen LogP contribution in [0.2, 0.25) is 0 Å². The molecule has 0 radical (unpaired) electrons. The highest BCUT2D eigenvalue weighted by molar-refractivity contribution is 6.03. The Labute approximate surface area is 201 Å². The van der Waals surface area contributed by atoms with Gasteiger partial charge in [-0.25, -0.2) is 18.7 Å². The summed E-state index contributed by atoms with van der Waals surface area (Å²) in [4.78, 5) is 35.1. The molecule has 2 aliphatic rings. The van der Waals surface area contributed by atoms with E-state index >= 15 is 0 Å². The summed E-state index contributed by atoms with van der Waals surface area (Å²) in [6, 6.07) is 10.7. The molecule has 0 unspecified atom stereocenters. The van der Waals surface area contributed by atoms with Crippen molar-refractivity contribution in [2.75, 3.05) is 25.5 Å². The van der Waals surface area contributed by atoms with Crippen LogP contribution in [-0.4, -0.2) is 52.0 Å². The van der Waals surface area contributed by atoms with E-state index in [-0.39, 0.29) is 41.1 Å². The molecule has 2 amide bonds. The van der Waals surface area contributed by atoms with Crippen LogP contribution in [0.5, 0.6) is 0 Å². The van der Waals surface area contributed by atoms with Gasteiger partial charge in [-0.05, 0) is 42.7 Å². The van der Waals surface area contributed by atoms with Crippen molar-refractivity contribution >= 4 is 23.3 Å². The Morgan fingerprint density at radius 3 is 2.34 bits per heavy atom. The number of nitrogens with one attached hydrogen (secondary N) is 2. The van der Waals surface area contributed by atoms with Crippen molar-refractivity contribution in [3.63, 3.8) is 0 Å². The van der Waals surface area contributed by atoms with Crippen LogP contribution in [0.1, 0.15) is 34.5 Å². The molecule has 1 fully saturated rings. The molecule has 10 heteroatoms. The van der Waals surface area contributed by atoms with Gasteiger partial charge in [-0.3, -0.25) is 9.59 Å². The summed E-state index contributed by atoms with van der Waals surface area (Å²) in [5.74, 6) is -1.81. The maximum absolute atomic E-state index is 14.3. The third-order valence-electron chi connectivity index (χ3n) is 5.84. The number of nitrogens with zero attached hydrogens (tertiary/aromatic N) is 3. The highest BCUT2D eigenvalue weighted by Crippen LogP contribution is 2.30. The molecule has 0 bridgehead atoms. The minimum atomic E-state index is -0.787. The van der Waals surface area contributed by atoms with Crippen LogP contribution in [-0.2, 0) is 17.8 Å². The van der Waals surface area contributed by atoms with Crippen LogP contribution < -0.4 is 10.6 Å². The van der Waals surface area contributed by atoms with Gasteiger partial charge in [0, 0.05) is 25.9 Å². The number of fused-ring (bicyclic) bond motifs is 1. The Morgan fingerprint density at radius 2 is 1.69 bits per heavy atom. The summed E-state index contributed by atoms with van der Waals surface area (Å²) < 4.78 is 28.7. The van der Waals surface area contributed by atoms with E-state index in [1.54, 1.807) is 12.1 Å². The highest BCUT2D eigenvalue weighted by atomic mass is 19.1. The number of aliphatic hydroxyl groups excluding tert-OH is 1. The first-order chi connectivity index (χ1) is 17.0. The molecular formula is C25H25F2N5O3. The average Bonchev–Trinajstić information content (AvgIpc) is 3.52. The fourth-order valence-electron chi connectivity index (χ4n) is 4.14. The second-order valence-electron chi connectivity index (χ2n) is 8.08. The quantitative estimate of drug-likeness (QED) is 0.517. The predicted octanol–water partition coefficient (Wildman–Crippen LogP) is 3.18. The van der Waals surface area contributed by atoms with Crippen molar-refractivity contribution < 1.29 is 23.5 Å². The van der Waals surface area contributed by atoms with Gasteiger partial charge in [0.2, 0.25) is 5.91 Å². The summed E-state index contributed by atoms with van der Waals surface area (Å²) in [5.41, 5.74) is 1.75. The average molecular weight is 482 g/mol. The Balaban J connectivity index is 0.00000141. The molecule has 8 nitrogen and oxygen atoms in total. The number of hydrogen-bond acceptors (Lipinski definition) is 6. The lowest BCUT2D eigenvalue weighted by Gasteiger charge is -2.15. The van der Waals surface area contributed by atoms with E-state index in [1.165, 1.54) is 6.07 Å². The largest absolute Gasteiger partial charge is 0.400 e. The van der Waals surface area contributed by atoms with E-state index < -0.39 is 11.6 Å². The van der Waals surface area contributed by atoms with Gasteiger partial charge in [0.15, 0.2) is 5.82 Å². The van der Waals surface area contributed by atoms with Crippen molar-refractivity contribution in [1.82, 2.24) is 20.2 Å². The molecule has 5 rings (SSSR count). The summed E-state index contributed by atoms with van der Waals surface area (Å²) >= 11 is 0. The first kappa shape index (κ1) is 24.2. The minimum absolute atomic E-state index is 0.107. The molecule has 182 valence electrons. The summed E-state index contributed by atoms with van der Waals surface area (Å²) in [6.07, 6.45) is 2.41. The molecule has 3 N–H and O–H groups in total. The van der Waals surface area contributed by atoms with Gasteiger partial charge in [0.05, 0.1) is 24.2 Å². The topological polar surface area (TPSA) is 107 Å². The molecule has 0 saturated carbocycles. The van der Waals surface area contributed by atoms with E-state index in [0.29, 0.717) is 17.8 Å². The molecule has 2 aliphatic heterocycles. The number of aromatic nitrogens is 2. The van der Waals surface area contributed by atoms with E-state index in [4.69, 9.17) is 5.11 Å². The SMILES string of the molecule is CO.O=C1NCc2nc(-c3c(F)cccc3F)nc(Nc3ccc(CC(=O)N4CCCC4)cc3)c21. The smallest absolute Gasteiger partial charge is 0.257 e. The van der Waals surface area contributed by atoms with E-state index in [0.717, 1.165) is 50.7 Å². The first-order valence-electron chi connectivity index (χ1n) is 11.2. The Kier molecular flexibility index (Phi) is 7.31. The summed E-state index contributed by atoms with van der Waals surface area (Å²) in [5, 5.41) is 12.7. The Hall–Kier alpha value is -3.92. The molecule has 3 heterocycles. The number of anilines is 2. The molecular weight excluding hydrogens is 456 g/mol. The number of amides is 2. The number of carbonyl (C=O) groups excluding carboxylic acids is 2. The zero-order chi connectivity index (χ0) is 24.9. The number of halogens is 2. The van der Waals surface area contributed by atoms with Gasteiger partial charge in [0.1, 0.15) is 23.0 Å². The Bertz CT molecular complexity index is 1220. The lowest BCUT2D eigenvalue weighted by Crippen LogP contribution is -2.29. The molecule has 0 spiro atoms. The fourth-order valence-corrected chi connectivity index (χ4v) is 4.14. The van der Waals surface area contributed by atoms with Crippen LogP contribution in [0, 0.1) is 11.6 Å². The third-order valence-corrected chi connectivity index (χ3v) is 5.84. The number of hydrogen-bond donors (Lipinski definition) is 3. The highest BCUT2D eigenvalue weighted by Gasteiger charge is 2.28. The molecule has 1 aromatic heterocycles. The molecule has 0 atom stereocenters. The summed E-state index contributed by atoms with van der Waals surface area (Å²) in [7, 11) is 1.00. The van der Waals surface area contributed by atoms with Gasteiger partial charge < -0.3 is 20.6 Å². The Morgan fingerprint density at radius 1 is 1.03 bits per heavy atom. The lowest BCUT2D eigenvalue weighted by molar-refractivity contribution is -0.129. The second-order valence-corrected chi connectivity index (χ2v) is 8.08. The van der Waals surface area contributed by atoms with Crippen LogP contribution in [0.15, 0.2) is 42.5 Å². The number of aliphatic hydroxyl groups is 1. The summed E-state index contributed by atoms with van der Waals surface area (Å²) in [6.45, 7) is 1.76. The zero-order valence-electron chi connectivity index (χ0n) is 19.1. The van der Waals surface area contributed by atoms with Crippen molar-refractivity contribution in [1.29, 1.82) is 0 Å². The second kappa shape index (κ2) is 10.6. The van der Waals surface area contributed by atoms with Crippen LogP contribution in [0.25, 0.3) is 11.4 Å². The normalized spacial score (nSPS) is 14.2. The minimum Gasteiger partial charge on any atom is -0.400 e. The van der Waals surface area contributed by atoms with Gasteiger partial charge in [-0.2, -0.15) is 0 Å². The lowest BCUT2D eigenvalue weighted by atomic mass is 10.1.